The van der Waals surface area contributed by atoms with Gasteiger partial charge >= 0.3 is 7.60 Å². The van der Waals surface area contributed by atoms with E-state index in [1.807, 2.05) is 0 Å². The maximum atomic E-state index is 10.6. The van der Waals surface area contributed by atoms with Crippen LogP contribution in [0.1, 0.15) is 0 Å². The fourth-order valence-electron chi connectivity index (χ4n) is 1.16. The number of nitrogens with zero attached hydrogens (tertiary/aromatic N) is 1. The molecule has 0 unspecified atom stereocenters. The highest BCUT2D eigenvalue weighted by Gasteiger charge is 2.13. The number of benzene rings is 1. The minimum atomic E-state index is -4.05. The molecule has 0 aromatic heterocycles. The molecular weight excluding hydrogens is 249 g/mol. The van der Waals surface area contributed by atoms with Gasteiger partial charge in [-0.05, 0) is 6.07 Å². The molecule has 8 nitrogen and oxygen atoms in total. The van der Waals surface area contributed by atoms with E-state index in [2.05, 4.69) is 5.32 Å². The van der Waals surface area contributed by atoms with Crippen molar-refractivity contribution in [3.8, 4) is 0 Å². The lowest BCUT2D eigenvalue weighted by Gasteiger charge is -2.09. The van der Waals surface area contributed by atoms with Gasteiger partial charge in [-0.25, -0.2) is 0 Å². The van der Waals surface area contributed by atoms with Gasteiger partial charge in [-0.15, -0.1) is 0 Å². The Labute approximate surface area is 96.8 Å². The van der Waals surface area contributed by atoms with Crippen molar-refractivity contribution in [2.45, 2.75) is 0 Å². The second-order valence-corrected chi connectivity index (χ2v) is 5.12. The molecule has 17 heavy (non-hydrogen) atoms. The Morgan fingerprint density at radius 3 is 2.59 bits per heavy atom. The Morgan fingerprint density at radius 2 is 2.12 bits per heavy atom. The summed E-state index contributed by atoms with van der Waals surface area (Å²) in [6, 6.07) is 3.84. The van der Waals surface area contributed by atoms with Crippen LogP contribution in [-0.4, -0.2) is 27.4 Å². The Morgan fingerprint density at radius 1 is 1.47 bits per heavy atom. The number of nitro benzene ring substituents is 1. The Kier molecular flexibility index (Phi) is 4.06. The van der Waals surface area contributed by atoms with Crippen LogP contribution in [-0.2, 0) is 4.57 Å². The summed E-state index contributed by atoms with van der Waals surface area (Å²) in [7, 11) is -4.05. The average Bonchev–Trinajstić information content (AvgIpc) is 2.18. The third-order valence-corrected chi connectivity index (χ3v) is 2.77. The highest BCUT2D eigenvalue weighted by Crippen LogP contribution is 2.33. The largest absolute Gasteiger partial charge is 0.397 e. The van der Waals surface area contributed by atoms with Gasteiger partial charge in [-0.3, -0.25) is 14.7 Å². The van der Waals surface area contributed by atoms with Crippen LogP contribution in [0.3, 0.4) is 0 Å². The third kappa shape index (κ3) is 4.39. The molecule has 0 spiro atoms. The van der Waals surface area contributed by atoms with Crippen LogP contribution in [0.4, 0.5) is 17.1 Å². The molecule has 94 valence electrons. The van der Waals surface area contributed by atoms with E-state index in [9.17, 15) is 14.7 Å². The van der Waals surface area contributed by atoms with Crippen LogP contribution in [0.2, 0.25) is 0 Å². The molecule has 0 saturated heterocycles. The SMILES string of the molecule is Nc1cc([N+](=O)[O-])ccc1NCCP(=O)(O)O. The fraction of sp³-hybridized carbons (Fsp3) is 0.250. The summed E-state index contributed by atoms with van der Waals surface area (Å²) in [6.07, 6.45) is -0.330. The molecule has 0 amide bonds. The van der Waals surface area contributed by atoms with Crippen molar-refractivity contribution in [2.24, 2.45) is 0 Å². The Balaban J connectivity index is 2.67. The number of nitrogens with two attached hydrogens (primary N) is 1. The predicted molar refractivity (Wildman–Crippen MR) is 62.9 cm³/mol. The number of hydrogen-bond acceptors (Lipinski definition) is 5. The number of anilines is 2. The molecule has 1 rings (SSSR count). The summed E-state index contributed by atoms with van der Waals surface area (Å²) in [5, 5.41) is 13.1. The molecule has 0 fully saturated rings. The van der Waals surface area contributed by atoms with E-state index in [1.165, 1.54) is 18.2 Å². The lowest BCUT2D eigenvalue weighted by atomic mass is 10.2. The quantitative estimate of drug-likeness (QED) is 0.265. The van der Waals surface area contributed by atoms with Crippen LogP contribution in [0, 0.1) is 10.1 Å². The monoisotopic (exact) mass is 261 g/mol. The molecule has 0 radical (unpaired) electrons. The molecular formula is C8H12N3O5P. The van der Waals surface area contributed by atoms with Gasteiger partial charge in [0, 0.05) is 18.7 Å². The molecule has 1 aromatic carbocycles. The van der Waals surface area contributed by atoms with E-state index < -0.39 is 12.5 Å². The minimum absolute atomic E-state index is 0.0340. The smallest absolute Gasteiger partial charge is 0.327 e. The fourth-order valence-corrected chi connectivity index (χ4v) is 1.56. The predicted octanol–water partition coefficient (Wildman–Crippen LogP) is 0.767. The average molecular weight is 261 g/mol. The van der Waals surface area contributed by atoms with Gasteiger partial charge in [0.2, 0.25) is 0 Å². The normalized spacial score (nSPS) is 11.2. The summed E-state index contributed by atoms with van der Waals surface area (Å²) in [5.41, 5.74) is 5.98. The van der Waals surface area contributed by atoms with Gasteiger partial charge in [-0.1, -0.05) is 0 Å². The summed E-state index contributed by atoms with van der Waals surface area (Å²) >= 11 is 0. The van der Waals surface area contributed by atoms with Crippen molar-refractivity contribution < 1.29 is 19.3 Å². The van der Waals surface area contributed by atoms with E-state index in [1.54, 1.807) is 0 Å². The zero-order valence-electron chi connectivity index (χ0n) is 8.74. The van der Waals surface area contributed by atoms with E-state index in [4.69, 9.17) is 15.5 Å². The third-order valence-electron chi connectivity index (χ3n) is 1.96. The van der Waals surface area contributed by atoms with Crippen molar-refractivity contribution in [3.05, 3.63) is 28.3 Å². The Bertz CT molecular complexity index is 472. The number of non-ortho nitro benzene ring substituents is 1. The lowest BCUT2D eigenvalue weighted by Crippen LogP contribution is -2.08. The zero-order chi connectivity index (χ0) is 13.1. The molecule has 0 aliphatic carbocycles. The van der Waals surface area contributed by atoms with E-state index in [-0.39, 0.29) is 24.1 Å². The number of hydrogen-bond donors (Lipinski definition) is 4. The molecule has 0 heterocycles. The van der Waals surface area contributed by atoms with Gasteiger partial charge in [0.15, 0.2) is 0 Å². The number of nitro groups is 1. The number of nitrogen functional groups attached to an aromatic ring is 1. The maximum absolute atomic E-state index is 10.6. The van der Waals surface area contributed by atoms with Crippen molar-refractivity contribution >= 4 is 24.7 Å². The second-order valence-electron chi connectivity index (χ2n) is 3.34. The number of nitrogens with one attached hydrogen (secondary N) is 1. The highest BCUT2D eigenvalue weighted by atomic mass is 31.2. The zero-order valence-corrected chi connectivity index (χ0v) is 9.63. The van der Waals surface area contributed by atoms with Crippen molar-refractivity contribution in [3.63, 3.8) is 0 Å². The van der Waals surface area contributed by atoms with Crippen LogP contribution >= 0.6 is 7.60 Å². The van der Waals surface area contributed by atoms with Crippen molar-refractivity contribution in [1.82, 2.24) is 0 Å². The van der Waals surface area contributed by atoms with Gasteiger partial charge in [0.25, 0.3) is 5.69 Å². The van der Waals surface area contributed by atoms with Gasteiger partial charge < -0.3 is 20.8 Å². The van der Waals surface area contributed by atoms with Gasteiger partial charge in [0.1, 0.15) is 0 Å². The lowest BCUT2D eigenvalue weighted by molar-refractivity contribution is -0.384. The first kappa shape index (κ1) is 13.4. The molecule has 1 aromatic rings. The molecule has 9 heteroatoms. The van der Waals surface area contributed by atoms with Gasteiger partial charge in [0.05, 0.1) is 22.5 Å². The standard InChI is InChI=1S/C8H12N3O5P/c9-7-5-6(11(12)13)1-2-8(7)10-3-4-17(14,15)16/h1-2,5,10H,3-4,9H2,(H2,14,15,16). The van der Waals surface area contributed by atoms with E-state index >= 15 is 0 Å². The van der Waals surface area contributed by atoms with Crippen LogP contribution < -0.4 is 11.1 Å². The van der Waals surface area contributed by atoms with E-state index in [0.717, 1.165) is 0 Å². The molecule has 5 N–H and O–H groups in total. The van der Waals surface area contributed by atoms with Gasteiger partial charge in [-0.2, -0.15) is 0 Å². The summed E-state index contributed by atoms with van der Waals surface area (Å²) in [6.45, 7) is 0.0340. The first-order valence-corrected chi connectivity index (χ1v) is 6.42. The van der Waals surface area contributed by atoms with Crippen LogP contribution in [0.25, 0.3) is 0 Å². The second kappa shape index (κ2) is 5.13. The molecule has 0 aliphatic rings. The first-order valence-electron chi connectivity index (χ1n) is 4.62. The van der Waals surface area contributed by atoms with Crippen molar-refractivity contribution in [2.75, 3.05) is 23.8 Å². The molecule has 0 bridgehead atoms. The summed E-state index contributed by atoms with van der Waals surface area (Å²) in [5.74, 6) is 0. The molecule has 0 aliphatic heterocycles. The topological polar surface area (TPSA) is 139 Å². The van der Waals surface area contributed by atoms with Crippen LogP contribution in [0.15, 0.2) is 18.2 Å². The number of rotatable bonds is 5. The highest BCUT2D eigenvalue weighted by molar-refractivity contribution is 7.51. The first-order chi connectivity index (χ1) is 7.79. The Hall–Kier alpha value is -1.63. The maximum Gasteiger partial charge on any atom is 0.327 e. The van der Waals surface area contributed by atoms with Crippen LogP contribution in [0.5, 0.6) is 0 Å². The summed E-state index contributed by atoms with van der Waals surface area (Å²) < 4.78 is 10.6. The van der Waals surface area contributed by atoms with E-state index in [0.29, 0.717) is 5.69 Å². The summed E-state index contributed by atoms with van der Waals surface area (Å²) in [4.78, 5) is 27.1. The van der Waals surface area contributed by atoms with Crippen molar-refractivity contribution in [1.29, 1.82) is 0 Å². The molecule has 0 atom stereocenters. The molecule has 0 saturated carbocycles. The minimum Gasteiger partial charge on any atom is -0.397 e.